The van der Waals surface area contributed by atoms with Crippen LogP contribution in [-0.2, 0) is 0 Å². The van der Waals surface area contributed by atoms with Crippen LogP contribution >= 0.6 is 0 Å². The Morgan fingerprint density at radius 3 is 2.39 bits per heavy atom. The molecule has 0 spiro atoms. The number of methoxy groups -OCH3 is 1. The van der Waals surface area contributed by atoms with Crippen molar-refractivity contribution in [2.24, 2.45) is 0 Å². The van der Waals surface area contributed by atoms with Crippen molar-refractivity contribution in [3.8, 4) is 5.75 Å². The molecule has 1 saturated heterocycles. The lowest BCUT2D eigenvalue weighted by molar-refractivity contribution is 0.102. The number of amides is 3. The van der Waals surface area contributed by atoms with Crippen LogP contribution < -0.4 is 20.3 Å². The van der Waals surface area contributed by atoms with E-state index < -0.39 is 0 Å². The first kappa shape index (κ1) is 14.9. The van der Waals surface area contributed by atoms with Crippen molar-refractivity contribution in [3.63, 3.8) is 0 Å². The zero-order valence-electron chi connectivity index (χ0n) is 12.7. The number of ether oxygens (including phenoxy) is 1. The molecule has 0 saturated carbocycles. The van der Waals surface area contributed by atoms with Crippen LogP contribution in [0.3, 0.4) is 0 Å². The second-order valence-electron chi connectivity index (χ2n) is 5.11. The molecular formula is C17H17N3O3. The number of hydrogen-bond donors (Lipinski definition) is 2. The molecule has 2 aromatic carbocycles. The van der Waals surface area contributed by atoms with E-state index in [1.807, 2.05) is 12.1 Å². The minimum Gasteiger partial charge on any atom is -0.497 e. The molecule has 6 nitrogen and oxygen atoms in total. The Balaban J connectivity index is 1.67. The fourth-order valence-electron chi connectivity index (χ4n) is 2.39. The van der Waals surface area contributed by atoms with Gasteiger partial charge in [0.05, 0.1) is 7.11 Å². The quantitative estimate of drug-likeness (QED) is 0.911. The third-order valence-corrected chi connectivity index (χ3v) is 3.65. The van der Waals surface area contributed by atoms with Gasteiger partial charge < -0.3 is 15.4 Å². The standard InChI is InChI=1S/C17H17N3O3/c1-23-15-8-2-12(3-9-15)16(21)19-13-4-6-14(7-5-13)20-11-10-18-17(20)22/h2-9H,10-11H2,1H3,(H,18,22)(H,19,21). The number of anilines is 2. The Bertz CT molecular complexity index is 711. The highest BCUT2D eigenvalue weighted by Crippen LogP contribution is 2.20. The van der Waals surface area contributed by atoms with Gasteiger partial charge in [-0.1, -0.05) is 0 Å². The number of nitrogens with zero attached hydrogens (tertiary/aromatic N) is 1. The summed E-state index contributed by atoms with van der Waals surface area (Å²) in [4.78, 5) is 25.5. The number of carbonyl (C=O) groups is 2. The molecule has 0 unspecified atom stereocenters. The summed E-state index contributed by atoms with van der Waals surface area (Å²) < 4.78 is 5.07. The van der Waals surface area contributed by atoms with Gasteiger partial charge in [0, 0.05) is 30.0 Å². The predicted octanol–water partition coefficient (Wildman–Crippen LogP) is 2.48. The molecule has 1 heterocycles. The van der Waals surface area contributed by atoms with Gasteiger partial charge in [0.25, 0.3) is 5.91 Å². The van der Waals surface area contributed by atoms with Crippen molar-refractivity contribution >= 4 is 23.3 Å². The summed E-state index contributed by atoms with van der Waals surface area (Å²) in [7, 11) is 1.58. The number of benzene rings is 2. The van der Waals surface area contributed by atoms with Crippen molar-refractivity contribution in [1.29, 1.82) is 0 Å². The van der Waals surface area contributed by atoms with E-state index in [1.54, 1.807) is 48.4 Å². The molecule has 1 aliphatic rings. The van der Waals surface area contributed by atoms with Gasteiger partial charge >= 0.3 is 6.03 Å². The summed E-state index contributed by atoms with van der Waals surface area (Å²) in [6.45, 7) is 1.30. The summed E-state index contributed by atoms with van der Waals surface area (Å²) >= 11 is 0. The van der Waals surface area contributed by atoms with E-state index in [0.717, 1.165) is 5.69 Å². The third-order valence-electron chi connectivity index (χ3n) is 3.65. The zero-order valence-corrected chi connectivity index (χ0v) is 12.7. The zero-order chi connectivity index (χ0) is 16.2. The maximum absolute atomic E-state index is 12.2. The van der Waals surface area contributed by atoms with Crippen molar-refractivity contribution in [2.75, 3.05) is 30.4 Å². The van der Waals surface area contributed by atoms with Crippen LogP contribution in [0, 0.1) is 0 Å². The van der Waals surface area contributed by atoms with Gasteiger partial charge in [-0.15, -0.1) is 0 Å². The van der Waals surface area contributed by atoms with E-state index >= 15 is 0 Å². The van der Waals surface area contributed by atoms with Gasteiger partial charge in [0.1, 0.15) is 5.75 Å². The Labute approximate surface area is 134 Å². The second-order valence-corrected chi connectivity index (χ2v) is 5.11. The minimum absolute atomic E-state index is 0.0972. The molecule has 2 aromatic rings. The molecule has 0 bridgehead atoms. The van der Waals surface area contributed by atoms with Gasteiger partial charge in [0.15, 0.2) is 0 Å². The molecule has 3 rings (SSSR count). The highest BCUT2D eigenvalue weighted by molar-refractivity contribution is 6.04. The normalized spacial score (nSPS) is 13.6. The van der Waals surface area contributed by atoms with Crippen LogP contribution in [0.4, 0.5) is 16.2 Å². The van der Waals surface area contributed by atoms with Gasteiger partial charge in [0.2, 0.25) is 0 Å². The first-order valence-electron chi connectivity index (χ1n) is 7.28. The van der Waals surface area contributed by atoms with E-state index in [4.69, 9.17) is 4.74 Å². The molecule has 0 atom stereocenters. The smallest absolute Gasteiger partial charge is 0.321 e. The summed E-state index contributed by atoms with van der Waals surface area (Å²) in [6, 6.07) is 14.0. The Morgan fingerprint density at radius 1 is 1.13 bits per heavy atom. The molecule has 2 N–H and O–H groups in total. The summed E-state index contributed by atoms with van der Waals surface area (Å²) in [5.41, 5.74) is 2.03. The van der Waals surface area contributed by atoms with Crippen LogP contribution in [0.1, 0.15) is 10.4 Å². The maximum atomic E-state index is 12.2. The van der Waals surface area contributed by atoms with Gasteiger partial charge in [-0.2, -0.15) is 0 Å². The SMILES string of the molecule is COc1ccc(C(=O)Nc2ccc(N3CCNC3=O)cc2)cc1. The second kappa shape index (κ2) is 6.39. The lowest BCUT2D eigenvalue weighted by Gasteiger charge is -2.14. The first-order valence-corrected chi connectivity index (χ1v) is 7.28. The largest absolute Gasteiger partial charge is 0.497 e. The highest BCUT2D eigenvalue weighted by atomic mass is 16.5. The number of rotatable bonds is 4. The van der Waals surface area contributed by atoms with E-state index in [2.05, 4.69) is 10.6 Å². The maximum Gasteiger partial charge on any atom is 0.321 e. The predicted molar refractivity (Wildman–Crippen MR) is 88.1 cm³/mol. The van der Waals surface area contributed by atoms with Gasteiger partial charge in [-0.3, -0.25) is 9.69 Å². The molecule has 23 heavy (non-hydrogen) atoms. The van der Waals surface area contributed by atoms with Crippen LogP contribution in [0.15, 0.2) is 48.5 Å². The van der Waals surface area contributed by atoms with E-state index in [0.29, 0.717) is 30.1 Å². The minimum atomic E-state index is -0.195. The molecular weight excluding hydrogens is 294 g/mol. The van der Waals surface area contributed by atoms with Gasteiger partial charge in [-0.05, 0) is 48.5 Å². The van der Waals surface area contributed by atoms with E-state index in [1.165, 1.54) is 0 Å². The van der Waals surface area contributed by atoms with Crippen LogP contribution in [0.25, 0.3) is 0 Å². The fraction of sp³-hybridized carbons (Fsp3) is 0.176. The number of nitrogens with one attached hydrogen (secondary N) is 2. The van der Waals surface area contributed by atoms with Crippen LogP contribution in [0.2, 0.25) is 0 Å². The summed E-state index contributed by atoms with van der Waals surface area (Å²) in [5, 5.41) is 5.58. The Hall–Kier alpha value is -3.02. The molecule has 6 heteroatoms. The third kappa shape index (κ3) is 3.26. The van der Waals surface area contributed by atoms with Crippen molar-refractivity contribution in [3.05, 3.63) is 54.1 Å². The van der Waals surface area contributed by atoms with Crippen molar-refractivity contribution in [1.82, 2.24) is 5.32 Å². The lowest BCUT2D eigenvalue weighted by Crippen LogP contribution is -2.27. The molecule has 0 radical (unpaired) electrons. The van der Waals surface area contributed by atoms with Crippen LogP contribution in [-0.4, -0.2) is 32.1 Å². The molecule has 1 fully saturated rings. The highest BCUT2D eigenvalue weighted by Gasteiger charge is 2.20. The molecule has 3 amide bonds. The molecule has 0 aromatic heterocycles. The molecule has 0 aliphatic carbocycles. The monoisotopic (exact) mass is 311 g/mol. The fourth-order valence-corrected chi connectivity index (χ4v) is 2.39. The number of urea groups is 1. The van der Waals surface area contributed by atoms with Crippen molar-refractivity contribution in [2.45, 2.75) is 0 Å². The average molecular weight is 311 g/mol. The lowest BCUT2D eigenvalue weighted by atomic mass is 10.2. The molecule has 1 aliphatic heterocycles. The number of carbonyl (C=O) groups excluding carboxylic acids is 2. The number of hydrogen-bond acceptors (Lipinski definition) is 3. The average Bonchev–Trinajstić information content (AvgIpc) is 3.01. The van der Waals surface area contributed by atoms with Crippen LogP contribution in [0.5, 0.6) is 5.75 Å². The van der Waals surface area contributed by atoms with Gasteiger partial charge in [-0.25, -0.2) is 4.79 Å². The molecule has 118 valence electrons. The first-order chi connectivity index (χ1) is 11.2. The Kier molecular flexibility index (Phi) is 4.14. The Morgan fingerprint density at radius 2 is 1.83 bits per heavy atom. The topological polar surface area (TPSA) is 70.7 Å². The van der Waals surface area contributed by atoms with E-state index in [-0.39, 0.29) is 11.9 Å². The van der Waals surface area contributed by atoms with Crippen molar-refractivity contribution < 1.29 is 14.3 Å². The summed E-state index contributed by atoms with van der Waals surface area (Å²) in [5.74, 6) is 0.508. The van der Waals surface area contributed by atoms with E-state index in [9.17, 15) is 9.59 Å². The summed E-state index contributed by atoms with van der Waals surface area (Å²) in [6.07, 6.45) is 0.